The second-order valence-electron chi connectivity index (χ2n) is 4.95. The molecule has 0 bridgehead atoms. The SMILES string of the molecule is CCNC(C)c1c(OC)cccc1N(CC)CCOCC. The highest BCUT2D eigenvalue weighted by molar-refractivity contribution is 5.60. The third kappa shape index (κ3) is 4.90. The van der Waals surface area contributed by atoms with Gasteiger partial charge in [0.15, 0.2) is 0 Å². The number of likely N-dealkylation sites (N-methyl/N-ethyl adjacent to an activating group) is 1. The highest BCUT2D eigenvalue weighted by Gasteiger charge is 2.18. The quantitative estimate of drug-likeness (QED) is 0.672. The Balaban J connectivity index is 3.07. The van der Waals surface area contributed by atoms with Crippen molar-refractivity contribution in [1.29, 1.82) is 0 Å². The predicted octanol–water partition coefficient (Wildman–Crippen LogP) is 3.23. The molecule has 0 heterocycles. The van der Waals surface area contributed by atoms with E-state index in [-0.39, 0.29) is 6.04 Å². The topological polar surface area (TPSA) is 33.7 Å². The van der Waals surface area contributed by atoms with Gasteiger partial charge in [-0.15, -0.1) is 0 Å². The molecule has 0 aromatic heterocycles. The highest BCUT2D eigenvalue weighted by Crippen LogP contribution is 2.34. The molecule has 0 saturated heterocycles. The van der Waals surface area contributed by atoms with Crippen LogP contribution < -0.4 is 15.0 Å². The van der Waals surface area contributed by atoms with E-state index in [2.05, 4.69) is 43.1 Å². The normalized spacial score (nSPS) is 12.2. The smallest absolute Gasteiger partial charge is 0.125 e. The van der Waals surface area contributed by atoms with E-state index in [0.29, 0.717) is 0 Å². The van der Waals surface area contributed by atoms with Gasteiger partial charge in [0.25, 0.3) is 0 Å². The standard InChI is InChI=1S/C17H30N2O2/c1-6-18-14(4)17-15(10-9-11-16(17)20-5)19(7-2)12-13-21-8-3/h9-11,14,18H,6-8,12-13H2,1-5H3. The van der Waals surface area contributed by atoms with Crippen molar-refractivity contribution in [2.24, 2.45) is 0 Å². The summed E-state index contributed by atoms with van der Waals surface area (Å²) in [5.41, 5.74) is 2.45. The van der Waals surface area contributed by atoms with E-state index in [1.807, 2.05) is 13.0 Å². The Morgan fingerprint density at radius 1 is 1.24 bits per heavy atom. The van der Waals surface area contributed by atoms with Crippen molar-refractivity contribution < 1.29 is 9.47 Å². The van der Waals surface area contributed by atoms with E-state index >= 15 is 0 Å². The molecule has 1 rings (SSSR count). The van der Waals surface area contributed by atoms with Gasteiger partial charge in [-0.05, 0) is 39.4 Å². The van der Waals surface area contributed by atoms with Gasteiger partial charge in [-0.2, -0.15) is 0 Å². The molecule has 0 aliphatic heterocycles. The summed E-state index contributed by atoms with van der Waals surface area (Å²) in [5, 5.41) is 3.49. The molecule has 0 spiro atoms. The molecule has 0 radical (unpaired) electrons. The maximum atomic E-state index is 5.58. The Morgan fingerprint density at radius 3 is 2.57 bits per heavy atom. The van der Waals surface area contributed by atoms with Crippen molar-refractivity contribution in [3.63, 3.8) is 0 Å². The molecule has 0 aliphatic carbocycles. The Morgan fingerprint density at radius 2 is 2.00 bits per heavy atom. The molecule has 0 fully saturated rings. The summed E-state index contributed by atoms with van der Waals surface area (Å²) in [4.78, 5) is 2.35. The van der Waals surface area contributed by atoms with Crippen LogP contribution in [-0.2, 0) is 4.74 Å². The molecule has 1 atom stereocenters. The van der Waals surface area contributed by atoms with Crippen molar-refractivity contribution in [1.82, 2.24) is 5.32 Å². The maximum Gasteiger partial charge on any atom is 0.125 e. The zero-order valence-corrected chi connectivity index (χ0v) is 14.1. The van der Waals surface area contributed by atoms with E-state index in [0.717, 1.165) is 38.6 Å². The number of anilines is 1. The van der Waals surface area contributed by atoms with E-state index < -0.39 is 0 Å². The van der Waals surface area contributed by atoms with Crippen molar-refractivity contribution in [3.8, 4) is 5.75 Å². The second kappa shape index (κ2) is 9.64. The minimum Gasteiger partial charge on any atom is -0.496 e. The van der Waals surface area contributed by atoms with Gasteiger partial charge in [-0.1, -0.05) is 13.0 Å². The monoisotopic (exact) mass is 294 g/mol. The van der Waals surface area contributed by atoms with Crippen LogP contribution in [0.15, 0.2) is 18.2 Å². The molecule has 1 N–H and O–H groups in total. The molecule has 0 amide bonds. The summed E-state index contributed by atoms with van der Waals surface area (Å²) in [6, 6.07) is 6.51. The number of methoxy groups -OCH3 is 1. The molecule has 4 nitrogen and oxygen atoms in total. The number of hydrogen-bond acceptors (Lipinski definition) is 4. The lowest BCUT2D eigenvalue weighted by molar-refractivity contribution is 0.154. The average Bonchev–Trinajstić information content (AvgIpc) is 2.51. The van der Waals surface area contributed by atoms with E-state index in [1.165, 1.54) is 11.3 Å². The van der Waals surface area contributed by atoms with Crippen molar-refractivity contribution >= 4 is 5.69 Å². The van der Waals surface area contributed by atoms with Gasteiger partial charge in [-0.3, -0.25) is 0 Å². The zero-order chi connectivity index (χ0) is 15.7. The van der Waals surface area contributed by atoms with Gasteiger partial charge in [-0.25, -0.2) is 0 Å². The summed E-state index contributed by atoms with van der Waals surface area (Å²) in [7, 11) is 1.73. The summed E-state index contributed by atoms with van der Waals surface area (Å²) in [6.07, 6.45) is 0. The van der Waals surface area contributed by atoms with Crippen LogP contribution >= 0.6 is 0 Å². The number of nitrogens with zero attached hydrogens (tertiary/aromatic N) is 1. The zero-order valence-electron chi connectivity index (χ0n) is 14.1. The van der Waals surface area contributed by atoms with E-state index in [4.69, 9.17) is 9.47 Å². The molecule has 1 unspecified atom stereocenters. The second-order valence-corrected chi connectivity index (χ2v) is 4.95. The molecule has 0 aliphatic rings. The van der Waals surface area contributed by atoms with Gasteiger partial charge in [0, 0.05) is 37.0 Å². The van der Waals surface area contributed by atoms with Crippen LogP contribution in [0.4, 0.5) is 5.69 Å². The van der Waals surface area contributed by atoms with Gasteiger partial charge < -0.3 is 19.7 Å². The molecule has 4 heteroatoms. The molecular formula is C17H30N2O2. The fourth-order valence-electron chi connectivity index (χ4n) is 2.60. The third-order valence-electron chi connectivity index (χ3n) is 3.64. The van der Waals surface area contributed by atoms with Crippen molar-refractivity contribution in [2.75, 3.05) is 44.9 Å². The first-order chi connectivity index (χ1) is 10.2. The summed E-state index contributed by atoms with van der Waals surface area (Å²) in [5.74, 6) is 0.941. The minimum absolute atomic E-state index is 0.252. The van der Waals surface area contributed by atoms with Crippen LogP contribution in [0.5, 0.6) is 5.75 Å². The number of rotatable bonds is 10. The third-order valence-corrected chi connectivity index (χ3v) is 3.64. The average molecular weight is 294 g/mol. The number of ether oxygens (including phenoxy) is 2. The summed E-state index contributed by atoms with van der Waals surface area (Å²) >= 11 is 0. The fourth-order valence-corrected chi connectivity index (χ4v) is 2.60. The molecule has 1 aromatic rings. The summed E-state index contributed by atoms with van der Waals surface area (Å²) in [6.45, 7) is 12.8. The number of hydrogen-bond donors (Lipinski definition) is 1. The van der Waals surface area contributed by atoms with Gasteiger partial charge in [0.05, 0.1) is 13.7 Å². The largest absolute Gasteiger partial charge is 0.496 e. The van der Waals surface area contributed by atoms with Gasteiger partial charge >= 0.3 is 0 Å². The van der Waals surface area contributed by atoms with Gasteiger partial charge in [0.1, 0.15) is 5.75 Å². The van der Waals surface area contributed by atoms with Crippen LogP contribution in [0.1, 0.15) is 39.3 Å². The van der Waals surface area contributed by atoms with E-state index in [1.54, 1.807) is 7.11 Å². The first kappa shape index (κ1) is 17.8. The maximum absolute atomic E-state index is 5.58. The van der Waals surface area contributed by atoms with Crippen molar-refractivity contribution in [3.05, 3.63) is 23.8 Å². The Hall–Kier alpha value is -1.26. The van der Waals surface area contributed by atoms with E-state index in [9.17, 15) is 0 Å². The fraction of sp³-hybridized carbons (Fsp3) is 0.647. The Bertz CT molecular complexity index is 410. The lowest BCUT2D eigenvalue weighted by atomic mass is 10.0. The van der Waals surface area contributed by atoms with Crippen molar-refractivity contribution in [2.45, 2.75) is 33.7 Å². The Labute approximate surface area is 129 Å². The van der Waals surface area contributed by atoms with Crippen LogP contribution in [0, 0.1) is 0 Å². The number of benzene rings is 1. The van der Waals surface area contributed by atoms with Crippen LogP contribution in [0.3, 0.4) is 0 Å². The number of nitrogens with one attached hydrogen (secondary N) is 1. The minimum atomic E-state index is 0.252. The van der Waals surface area contributed by atoms with Crippen LogP contribution in [0.25, 0.3) is 0 Å². The Kier molecular flexibility index (Phi) is 8.16. The summed E-state index contributed by atoms with van der Waals surface area (Å²) < 4.78 is 11.1. The molecule has 21 heavy (non-hydrogen) atoms. The predicted molar refractivity (Wildman–Crippen MR) is 89.5 cm³/mol. The van der Waals surface area contributed by atoms with Crippen LogP contribution in [-0.4, -0.2) is 40.0 Å². The van der Waals surface area contributed by atoms with Crippen LogP contribution in [0.2, 0.25) is 0 Å². The van der Waals surface area contributed by atoms with Gasteiger partial charge in [0.2, 0.25) is 0 Å². The molecule has 0 saturated carbocycles. The molecule has 1 aromatic carbocycles. The highest BCUT2D eigenvalue weighted by atomic mass is 16.5. The molecule has 120 valence electrons. The lowest BCUT2D eigenvalue weighted by Crippen LogP contribution is -2.30. The molecular weight excluding hydrogens is 264 g/mol. The first-order valence-electron chi connectivity index (χ1n) is 7.92. The lowest BCUT2D eigenvalue weighted by Gasteiger charge is -2.29. The first-order valence-corrected chi connectivity index (χ1v) is 7.92.